The first-order valence-corrected chi connectivity index (χ1v) is 9.67. The number of nitrogens with zero attached hydrogens (tertiary/aromatic N) is 5. The van der Waals surface area contributed by atoms with Crippen molar-refractivity contribution in [1.29, 1.82) is 0 Å². The number of rotatable bonds is 2. The summed E-state index contributed by atoms with van der Waals surface area (Å²) in [5.74, 6) is 1.75. The Hall–Kier alpha value is -2.95. The molecule has 0 amide bonds. The summed E-state index contributed by atoms with van der Waals surface area (Å²) in [4.78, 5) is 7.53. The number of para-hydroxylation sites is 1. The predicted molar refractivity (Wildman–Crippen MR) is 109 cm³/mol. The molecule has 27 heavy (non-hydrogen) atoms. The van der Waals surface area contributed by atoms with Crippen LogP contribution in [-0.4, -0.2) is 32.9 Å². The molecule has 0 N–H and O–H groups in total. The molecule has 4 aromatic rings. The van der Waals surface area contributed by atoms with Crippen LogP contribution in [-0.2, 0) is 0 Å². The first-order valence-electron chi connectivity index (χ1n) is 9.67. The van der Waals surface area contributed by atoms with Gasteiger partial charge in [0.05, 0.1) is 5.52 Å². The number of anilines is 1. The highest BCUT2D eigenvalue weighted by atomic mass is 15.4. The first-order chi connectivity index (χ1) is 13.2. The van der Waals surface area contributed by atoms with Crippen molar-refractivity contribution >= 4 is 22.4 Å². The fraction of sp³-hybridized carbons (Fsp3) is 0.318. The van der Waals surface area contributed by atoms with Crippen LogP contribution in [0.2, 0.25) is 0 Å². The Labute approximate surface area is 158 Å². The molecule has 1 aliphatic heterocycles. The van der Waals surface area contributed by atoms with Crippen LogP contribution in [0.3, 0.4) is 0 Å². The average Bonchev–Trinajstić information content (AvgIpc) is 3.11. The summed E-state index contributed by atoms with van der Waals surface area (Å²) in [7, 11) is 0. The Morgan fingerprint density at radius 1 is 1.07 bits per heavy atom. The lowest BCUT2D eigenvalue weighted by Crippen LogP contribution is -2.35. The van der Waals surface area contributed by atoms with Crippen molar-refractivity contribution in [1.82, 2.24) is 19.8 Å². The monoisotopic (exact) mass is 357 g/mol. The van der Waals surface area contributed by atoms with Crippen molar-refractivity contribution in [2.45, 2.75) is 26.7 Å². The van der Waals surface area contributed by atoms with E-state index in [0.29, 0.717) is 5.92 Å². The zero-order valence-corrected chi connectivity index (χ0v) is 15.8. The second kappa shape index (κ2) is 6.34. The molecule has 5 nitrogen and oxygen atoms in total. The highest BCUT2D eigenvalue weighted by Gasteiger charge is 2.22. The number of hydrogen-bond acceptors (Lipinski definition) is 4. The molecule has 0 unspecified atom stereocenters. The van der Waals surface area contributed by atoms with E-state index in [4.69, 9.17) is 4.98 Å². The Bertz CT molecular complexity index is 1130. The fourth-order valence-corrected chi connectivity index (χ4v) is 4.15. The maximum atomic E-state index is 5.09. The molecule has 2 aromatic carbocycles. The first kappa shape index (κ1) is 16.2. The fourth-order valence-electron chi connectivity index (χ4n) is 4.15. The maximum absolute atomic E-state index is 5.09. The molecule has 1 fully saturated rings. The van der Waals surface area contributed by atoms with E-state index in [-0.39, 0.29) is 0 Å². The molecule has 0 saturated carbocycles. The summed E-state index contributed by atoms with van der Waals surface area (Å²) in [6.45, 7) is 6.53. The number of fused-ring (bicyclic) bond motifs is 3. The molecular weight excluding hydrogens is 334 g/mol. The molecule has 2 aromatic heterocycles. The van der Waals surface area contributed by atoms with E-state index in [0.717, 1.165) is 46.7 Å². The molecule has 5 heteroatoms. The quantitative estimate of drug-likeness (QED) is 0.530. The molecular formula is C22H23N5. The van der Waals surface area contributed by atoms with Gasteiger partial charge in [-0.05, 0) is 43.9 Å². The van der Waals surface area contributed by atoms with Gasteiger partial charge in [-0.25, -0.2) is 4.98 Å². The van der Waals surface area contributed by atoms with Gasteiger partial charge in [-0.2, -0.15) is 4.52 Å². The highest BCUT2D eigenvalue weighted by Crippen LogP contribution is 2.32. The van der Waals surface area contributed by atoms with Crippen molar-refractivity contribution in [3.8, 4) is 11.3 Å². The molecule has 0 radical (unpaired) electrons. The van der Waals surface area contributed by atoms with Gasteiger partial charge in [-0.1, -0.05) is 48.0 Å². The smallest absolute Gasteiger partial charge is 0.186 e. The van der Waals surface area contributed by atoms with Gasteiger partial charge < -0.3 is 4.90 Å². The summed E-state index contributed by atoms with van der Waals surface area (Å²) >= 11 is 0. The topological polar surface area (TPSA) is 46.3 Å². The lowest BCUT2D eigenvalue weighted by atomic mass is 10.00. The normalized spacial score (nSPS) is 17.7. The zero-order valence-electron chi connectivity index (χ0n) is 15.8. The van der Waals surface area contributed by atoms with Crippen LogP contribution in [0, 0.1) is 12.8 Å². The van der Waals surface area contributed by atoms with Gasteiger partial charge in [0.1, 0.15) is 11.5 Å². The van der Waals surface area contributed by atoms with Crippen LogP contribution in [0.1, 0.15) is 25.3 Å². The maximum Gasteiger partial charge on any atom is 0.186 e. The third kappa shape index (κ3) is 2.74. The van der Waals surface area contributed by atoms with Crippen molar-refractivity contribution in [2.24, 2.45) is 5.92 Å². The van der Waals surface area contributed by atoms with Crippen LogP contribution in [0.4, 0.5) is 5.82 Å². The van der Waals surface area contributed by atoms with Crippen LogP contribution in [0.5, 0.6) is 0 Å². The largest absolute Gasteiger partial charge is 0.356 e. The van der Waals surface area contributed by atoms with Crippen LogP contribution < -0.4 is 4.90 Å². The van der Waals surface area contributed by atoms with E-state index in [1.807, 2.05) is 4.52 Å². The Morgan fingerprint density at radius 3 is 2.81 bits per heavy atom. The summed E-state index contributed by atoms with van der Waals surface area (Å²) in [6.07, 6.45) is 2.50. The van der Waals surface area contributed by atoms with Crippen LogP contribution >= 0.6 is 0 Å². The van der Waals surface area contributed by atoms with Gasteiger partial charge in [0.15, 0.2) is 5.65 Å². The molecule has 1 saturated heterocycles. The highest BCUT2D eigenvalue weighted by molar-refractivity contribution is 5.93. The minimum atomic E-state index is 0.690. The molecule has 0 bridgehead atoms. The molecule has 1 atom stereocenters. The lowest BCUT2D eigenvalue weighted by Gasteiger charge is -2.32. The zero-order chi connectivity index (χ0) is 18.4. The van der Waals surface area contributed by atoms with E-state index >= 15 is 0 Å². The second-order valence-electron chi connectivity index (χ2n) is 7.69. The molecule has 136 valence electrons. The third-order valence-corrected chi connectivity index (χ3v) is 5.48. The molecule has 0 spiro atoms. The molecule has 5 rings (SSSR count). The third-order valence-electron chi connectivity index (χ3n) is 5.48. The standard InChI is InChI=1S/C22H23N5/c1-15-7-5-9-17(13-15)20-22-23-21(26-12-6-8-16(2)14-26)18-10-3-4-11-19(18)27(22)25-24-20/h3-5,7,9-11,13,16H,6,8,12,14H2,1-2H3/t16-/m1/s1. The van der Waals surface area contributed by atoms with Crippen molar-refractivity contribution < 1.29 is 0 Å². The predicted octanol–water partition coefficient (Wildman–Crippen LogP) is 4.49. The number of aryl methyl sites for hydroxylation is 1. The van der Waals surface area contributed by atoms with Gasteiger partial charge >= 0.3 is 0 Å². The Balaban J connectivity index is 1.77. The van der Waals surface area contributed by atoms with Crippen LogP contribution in [0.25, 0.3) is 27.8 Å². The van der Waals surface area contributed by atoms with Gasteiger partial charge in [0.25, 0.3) is 0 Å². The Morgan fingerprint density at radius 2 is 1.96 bits per heavy atom. The van der Waals surface area contributed by atoms with Gasteiger partial charge in [-0.3, -0.25) is 0 Å². The summed E-state index contributed by atoms with van der Waals surface area (Å²) < 4.78 is 1.88. The van der Waals surface area contributed by atoms with Gasteiger partial charge in [0, 0.05) is 24.0 Å². The van der Waals surface area contributed by atoms with E-state index in [2.05, 4.69) is 77.6 Å². The average molecular weight is 357 g/mol. The van der Waals surface area contributed by atoms with Gasteiger partial charge in [0.2, 0.25) is 0 Å². The second-order valence-corrected chi connectivity index (χ2v) is 7.69. The molecule has 0 aliphatic carbocycles. The van der Waals surface area contributed by atoms with E-state index < -0.39 is 0 Å². The summed E-state index contributed by atoms with van der Waals surface area (Å²) in [6, 6.07) is 16.8. The number of hydrogen-bond donors (Lipinski definition) is 0. The molecule has 1 aliphatic rings. The van der Waals surface area contributed by atoms with Crippen molar-refractivity contribution in [2.75, 3.05) is 18.0 Å². The van der Waals surface area contributed by atoms with E-state index in [1.54, 1.807) is 0 Å². The number of piperidine rings is 1. The van der Waals surface area contributed by atoms with E-state index in [1.165, 1.54) is 18.4 Å². The van der Waals surface area contributed by atoms with Crippen LogP contribution in [0.15, 0.2) is 48.5 Å². The minimum absolute atomic E-state index is 0.690. The number of aromatic nitrogens is 4. The SMILES string of the molecule is Cc1cccc(-c2nnn3c2nc(N2CCC[C@@H](C)C2)c2ccccc23)c1. The Kier molecular flexibility index (Phi) is 3.81. The van der Waals surface area contributed by atoms with Crippen molar-refractivity contribution in [3.05, 3.63) is 54.1 Å². The summed E-state index contributed by atoms with van der Waals surface area (Å²) in [5, 5.41) is 10.1. The van der Waals surface area contributed by atoms with Crippen molar-refractivity contribution in [3.63, 3.8) is 0 Å². The van der Waals surface area contributed by atoms with E-state index in [9.17, 15) is 0 Å². The lowest BCUT2D eigenvalue weighted by molar-refractivity contribution is 0.445. The minimum Gasteiger partial charge on any atom is -0.356 e. The molecule has 3 heterocycles. The van der Waals surface area contributed by atoms with Gasteiger partial charge in [-0.15, -0.1) is 5.10 Å². The number of benzene rings is 2. The summed E-state index contributed by atoms with van der Waals surface area (Å²) in [5.41, 5.74) is 5.00.